The van der Waals surface area contributed by atoms with Gasteiger partial charge < -0.3 is 9.47 Å². The van der Waals surface area contributed by atoms with Crippen molar-refractivity contribution >= 4 is 0 Å². The third-order valence-corrected chi connectivity index (χ3v) is 4.82. The third-order valence-electron chi connectivity index (χ3n) is 4.82. The van der Waals surface area contributed by atoms with E-state index in [2.05, 4.69) is 94.7 Å². The molecule has 0 radical (unpaired) electrons. The molecule has 0 unspecified atom stereocenters. The number of hydrogen-bond donors (Lipinski definition) is 0. The Morgan fingerprint density at radius 3 is 2.34 bits per heavy atom. The van der Waals surface area contributed by atoms with Gasteiger partial charge in [0.05, 0.1) is 12.2 Å². The van der Waals surface area contributed by atoms with E-state index < -0.39 is 0 Å². The fourth-order valence-corrected chi connectivity index (χ4v) is 2.97. The highest BCUT2D eigenvalue weighted by Crippen LogP contribution is 2.19. The molecule has 0 fully saturated rings. The molecule has 0 aliphatic carbocycles. The Morgan fingerprint density at radius 2 is 1.66 bits per heavy atom. The van der Waals surface area contributed by atoms with Gasteiger partial charge >= 0.3 is 0 Å². The highest BCUT2D eigenvalue weighted by molar-refractivity contribution is 5.28. The summed E-state index contributed by atoms with van der Waals surface area (Å²) in [5.74, 6) is 7.25. The third kappa shape index (κ3) is 10.7. The molecule has 0 spiro atoms. The molecular weight excluding hydrogens is 394 g/mol. The van der Waals surface area contributed by atoms with Crippen LogP contribution < -0.4 is 4.74 Å². The van der Waals surface area contributed by atoms with Crippen LogP contribution in [0.4, 0.5) is 0 Å². The molecule has 0 aliphatic rings. The number of likely N-dealkylation sites (N-methyl/N-ethyl adjacent to an activating group) is 1. The van der Waals surface area contributed by atoms with Gasteiger partial charge in [0, 0.05) is 18.5 Å². The first-order valence-electron chi connectivity index (χ1n) is 11.5. The van der Waals surface area contributed by atoms with Crippen LogP contribution in [0.3, 0.4) is 0 Å². The molecule has 3 heteroatoms. The molecule has 0 aromatic heterocycles. The molecule has 0 bridgehead atoms. The lowest BCUT2D eigenvalue weighted by Crippen LogP contribution is -2.32. The predicted octanol–water partition coefficient (Wildman–Crippen LogP) is 6.49. The fraction of sp³-hybridized carbons (Fsp3) is 0.448. The lowest BCUT2D eigenvalue weighted by molar-refractivity contribution is -0.0569. The second kappa shape index (κ2) is 12.5. The van der Waals surface area contributed by atoms with Crippen molar-refractivity contribution in [2.45, 2.75) is 60.3 Å². The summed E-state index contributed by atoms with van der Waals surface area (Å²) in [7, 11) is 0. The molecule has 32 heavy (non-hydrogen) atoms. The molecule has 0 heterocycles. The van der Waals surface area contributed by atoms with Gasteiger partial charge in [-0.3, -0.25) is 4.90 Å². The lowest BCUT2D eigenvalue weighted by atomic mass is 9.98. The number of allylic oxidation sites excluding steroid dienone is 1. The van der Waals surface area contributed by atoms with Gasteiger partial charge in [-0.25, -0.2) is 0 Å². The second-order valence-electron chi connectivity index (χ2n) is 9.72. The average molecular weight is 434 g/mol. The van der Waals surface area contributed by atoms with E-state index in [1.807, 2.05) is 30.3 Å². The quantitative estimate of drug-likeness (QED) is 0.378. The zero-order valence-corrected chi connectivity index (χ0v) is 20.7. The van der Waals surface area contributed by atoms with Crippen LogP contribution in [-0.2, 0) is 17.9 Å². The zero-order valence-electron chi connectivity index (χ0n) is 20.7. The summed E-state index contributed by atoms with van der Waals surface area (Å²) < 4.78 is 12.2. The van der Waals surface area contributed by atoms with E-state index in [0.717, 1.165) is 25.4 Å². The Bertz CT molecular complexity index is 898. The normalized spacial score (nSPS) is 12.1. The Hall–Kier alpha value is -2.54. The monoisotopic (exact) mass is 433 g/mol. The van der Waals surface area contributed by atoms with Crippen molar-refractivity contribution in [1.82, 2.24) is 4.90 Å². The average Bonchev–Trinajstić information content (AvgIpc) is 2.76. The van der Waals surface area contributed by atoms with E-state index >= 15 is 0 Å². The Morgan fingerprint density at radius 1 is 0.938 bits per heavy atom. The summed E-state index contributed by atoms with van der Waals surface area (Å²) in [5.41, 5.74) is 2.07. The minimum Gasteiger partial charge on any atom is -0.491 e. The Kier molecular flexibility index (Phi) is 10.0. The van der Waals surface area contributed by atoms with Crippen LogP contribution in [0.2, 0.25) is 0 Å². The topological polar surface area (TPSA) is 21.7 Å². The van der Waals surface area contributed by atoms with Gasteiger partial charge in [0.2, 0.25) is 0 Å². The van der Waals surface area contributed by atoms with E-state index in [-0.39, 0.29) is 11.0 Å². The maximum Gasteiger partial charge on any atom is 0.119 e. The summed E-state index contributed by atoms with van der Waals surface area (Å²) in [6.07, 6.45) is 4.10. The highest BCUT2D eigenvalue weighted by atomic mass is 16.5. The summed E-state index contributed by atoms with van der Waals surface area (Å²) in [4.78, 5) is 2.38. The van der Waals surface area contributed by atoms with Crippen LogP contribution in [0.15, 0.2) is 66.7 Å². The molecular formula is C29H39NO2. The number of hydrogen-bond acceptors (Lipinski definition) is 3. The second-order valence-corrected chi connectivity index (χ2v) is 9.72. The van der Waals surface area contributed by atoms with Crippen LogP contribution in [0, 0.1) is 17.3 Å². The van der Waals surface area contributed by atoms with Crippen molar-refractivity contribution < 1.29 is 9.47 Å². The van der Waals surface area contributed by atoms with Crippen LogP contribution in [0.25, 0.3) is 0 Å². The van der Waals surface area contributed by atoms with Crippen molar-refractivity contribution in [3.05, 3.63) is 77.9 Å². The Balaban J connectivity index is 1.86. The van der Waals surface area contributed by atoms with Gasteiger partial charge in [-0.05, 0) is 70.5 Å². The van der Waals surface area contributed by atoms with Crippen LogP contribution in [-0.4, -0.2) is 30.2 Å². The van der Waals surface area contributed by atoms with E-state index in [1.54, 1.807) is 0 Å². The van der Waals surface area contributed by atoms with Gasteiger partial charge in [-0.1, -0.05) is 67.3 Å². The predicted molar refractivity (Wildman–Crippen MR) is 135 cm³/mol. The summed E-state index contributed by atoms with van der Waals surface area (Å²) in [6, 6.07) is 18.6. The van der Waals surface area contributed by atoms with Crippen molar-refractivity contribution in [3.63, 3.8) is 0 Å². The number of nitrogens with zero attached hydrogens (tertiary/aromatic N) is 1. The van der Waals surface area contributed by atoms with Gasteiger partial charge in [0.15, 0.2) is 0 Å². The van der Waals surface area contributed by atoms with Gasteiger partial charge in [-0.2, -0.15) is 0 Å². The molecule has 0 N–H and O–H groups in total. The van der Waals surface area contributed by atoms with Crippen molar-refractivity contribution in [2.24, 2.45) is 5.41 Å². The summed E-state index contributed by atoms with van der Waals surface area (Å²) >= 11 is 0. The van der Waals surface area contributed by atoms with E-state index in [1.165, 1.54) is 11.1 Å². The summed E-state index contributed by atoms with van der Waals surface area (Å²) in [5, 5.41) is 0. The van der Waals surface area contributed by atoms with E-state index in [9.17, 15) is 0 Å². The summed E-state index contributed by atoms with van der Waals surface area (Å²) in [6.45, 7) is 16.5. The van der Waals surface area contributed by atoms with E-state index in [4.69, 9.17) is 9.47 Å². The number of ether oxygens (including phenoxy) is 2. The molecule has 2 rings (SSSR count). The molecule has 172 valence electrons. The lowest BCUT2D eigenvalue weighted by Gasteiger charge is -2.26. The first kappa shape index (κ1) is 25.7. The van der Waals surface area contributed by atoms with Gasteiger partial charge in [0.25, 0.3) is 0 Å². The first-order chi connectivity index (χ1) is 15.2. The molecule has 0 amide bonds. The van der Waals surface area contributed by atoms with Crippen LogP contribution in [0.5, 0.6) is 5.75 Å². The minimum absolute atomic E-state index is 0.0381. The number of benzene rings is 2. The fourth-order valence-electron chi connectivity index (χ4n) is 2.97. The molecule has 0 aliphatic heterocycles. The largest absolute Gasteiger partial charge is 0.491 e. The van der Waals surface area contributed by atoms with Gasteiger partial charge in [-0.15, -0.1) is 0 Å². The zero-order chi connectivity index (χ0) is 23.5. The molecule has 0 atom stereocenters. The SMILES string of the molecule is CCN(CC=CC#CC(C)(C)C)Cc1cccc(OCC(C)(C)OCc2ccccc2)c1. The Labute approximate surface area is 195 Å². The molecule has 0 saturated heterocycles. The molecule has 3 nitrogen and oxygen atoms in total. The molecule has 2 aromatic rings. The van der Waals surface area contributed by atoms with Gasteiger partial charge in [0.1, 0.15) is 12.4 Å². The van der Waals surface area contributed by atoms with Crippen molar-refractivity contribution in [1.29, 1.82) is 0 Å². The highest BCUT2D eigenvalue weighted by Gasteiger charge is 2.20. The first-order valence-corrected chi connectivity index (χ1v) is 11.5. The number of rotatable bonds is 11. The van der Waals surface area contributed by atoms with E-state index in [0.29, 0.717) is 13.2 Å². The molecule has 0 saturated carbocycles. The van der Waals surface area contributed by atoms with Crippen molar-refractivity contribution in [3.8, 4) is 17.6 Å². The van der Waals surface area contributed by atoms with Crippen LogP contribution in [0.1, 0.15) is 52.7 Å². The van der Waals surface area contributed by atoms with Crippen LogP contribution >= 0.6 is 0 Å². The smallest absolute Gasteiger partial charge is 0.119 e. The molecule has 2 aromatic carbocycles. The minimum atomic E-state index is -0.375. The standard InChI is InChI=1S/C29H39NO2/c1-7-30(20-13-9-12-19-28(2,3)4)22-26-17-14-18-27(21-26)31-24-29(5,6)32-23-25-15-10-8-11-16-25/h8-11,13-18,21H,7,20,22-24H2,1-6H3. The maximum atomic E-state index is 6.08. The maximum absolute atomic E-state index is 6.08. The van der Waals surface area contributed by atoms with Crippen molar-refractivity contribution in [2.75, 3.05) is 19.7 Å².